The Labute approximate surface area is 211 Å². The number of carbonyl (C=O) groups excluding carboxylic acids is 1. The predicted molar refractivity (Wildman–Crippen MR) is 133 cm³/mol. The van der Waals surface area contributed by atoms with Crippen molar-refractivity contribution in [3.05, 3.63) is 65.7 Å². The SMILES string of the molecule is CCCNCC(COc1ccccc1C(=O)CCc1ccccc1)O[C@@H]1O[C@H](CO)[C@@H](O)[C@H](O)[C@H]1O. The van der Waals surface area contributed by atoms with Gasteiger partial charge in [0.05, 0.1) is 12.2 Å². The molecule has 5 N–H and O–H groups in total. The van der Waals surface area contributed by atoms with E-state index in [0.29, 0.717) is 30.7 Å². The highest BCUT2D eigenvalue weighted by Gasteiger charge is 2.44. The van der Waals surface area contributed by atoms with Crippen LogP contribution in [0, 0.1) is 0 Å². The molecule has 2 aromatic rings. The Bertz CT molecular complexity index is 925. The topological polar surface area (TPSA) is 138 Å². The van der Waals surface area contributed by atoms with Gasteiger partial charge in [-0.1, -0.05) is 49.4 Å². The van der Waals surface area contributed by atoms with E-state index in [9.17, 15) is 25.2 Å². The fourth-order valence-electron chi connectivity index (χ4n) is 4.00. The fraction of sp³-hybridized carbons (Fsp3) is 0.519. The molecule has 0 amide bonds. The number of aryl methyl sites for hydroxylation is 1. The molecule has 198 valence electrons. The van der Waals surface area contributed by atoms with Crippen molar-refractivity contribution in [3.8, 4) is 5.75 Å². The summed E-state index contributed by atoms with van der Waals surface area (Å²) in [6, 6.07) is 16.8. The van der Waals surface area contributed by atoms with Gasteiger partial charge in [-0.3, -0.25) is 4.79 Å². The molecule has 0 saturated carbocycles. The molecule has 0 bridgehead atoms. The lowest BCUT2D eigenvalue weighted by atomic mass is 9.99. The van der Waals surface area contributed by atoms with Gasteiger partial charge in [-0.25, -0.2) is 0 Å². The third-order valence-corrected chi connectivity index (χ3v) is 6.07. The summed E-state index contributed by atoms with van der Waals surface area (Å²) < 4.78 is 17.4. The first-order valence-corrected chi connectivity index (χ1v) is 12.4. The van der Waals surface area contributed by atoms with E-state index >= 15 is 0 Å². The number of aliphatic hydroxyl groups excluding tert-OH is 4. The average molecular weight is 504 g/mol. The van der Waals surface area contributed by atoms with Gasteiger partial charge in [-0.15, -0.1) is 0 Å². The van der Waals surface area contributed by atoms with Gasteiger partial charge in [0, 0.05) is 13.0 Å². The molecule has 3 rings (SSSR count). The number of ketones is 1. The molecule has 1 unspecified atom stereocenters. The molecule has 1 aliphatic rings. The Kier molecular flexibility index (Phi) is 11.3. The number of aliphatic hydroxyl groups is 4. The van der Waals surface area contributed by atoms with E-state index in [4.69, 9.17) is 14.2 Å². The van der Waals surface area contributed by atoms with Crippen LogP contribution in [0.25, 0.3) is 0 Å². The predicted octanol–water partition coefficient (Wildman–Crippen LogP) is 1.07. The van der Waals surface area contributed by atoms with E-state index in [2.05, 4.69) is 5.32 Å². The lowest BCUT2D eigenvalue weighted by molar-refractivity contribution is -0.312. The fourth-order valence-corrected chi connectivity index (χ4v) is 4.00. The van der Waals surface area contributed by atoms with Gasteiger partial charge >= 0.3 is 0 Å². The number of carbonyl (C=O) groups is 1. The van der Waals surface area contributed by atoms with Gasteiger partial charge in [0.2, 0.25) is 0 Å². The van der Waals surface area contributed by atoms with Gasteiger partial charge in [-0.2, -0.15) is 0 Å². The van der Waals surface area contributed by atoms with Crippen molar-refractivity contribution in [1.82, 2.24) is 5.32 Å². The molecule has 6 atom stereocenters. The number of para-hydroxylation sites is 1. The molecule has 0 spiro atoms. The summed E-state index contributed by atoms with van der Waals surface area (Å²) in [5, 5.41) is 43.1. The molecule has 0 aromatic heterocycles. The standard InChI is InChI=1S/C27H37NO8/c1-2-14-28-15-19(35-27-26(33)25(32)24(31)23(16-29)36-27)17-34-22-11-7-6-10-20(22)21(30)13-12-18-8-4-3-5-9-18/h3-11,19,23-29,31-33H,2,12-17H2,1H3/t19?,23-,24-,25+,26-,27-/m1/s1. The summed E-state index contributed by atoms with van der Waals surface area (Å²) in [6.07, 6.45) is -5.62. The minimum Gasteiger partial charge on any atom is -0.490 e. The number of hydrogen-bond acceptors (Lipinski definition) is 9. The number of hydrogen-bond donors (Lipinski definition) is 5. The molecule has 0 radical (unpaired) electrons. The molecule has 2 aromatic carbocycles. The second-order valence-electron chi connectivity index (χ2n) is 8.88. The zero-order valence-corrected chi connectivity index (χ0v) is 20.5. The van der Waals surface area contributed by atoms with Crippen molar-refractivity contribution in [1.29, 1.82) is 0 Å². The summed E-state index contributed by atoms with van der Waals surface area (Å²) in [5.41, 5.74) is 1.56. The Hall–Kier alpha value is -2.37. The van der Waals surface area contributed by atoms with Crippen LogP contribution >= 0.6 is 0 Å². The largest absolute Gasteiger partial charge is 0.490 e. The number of rotatable bonds is 14. The minimum atomic E-state index is -1.53. The molecular weight excluding hydrogens is 466 g/mol. The van der Waals surface area contributed by atoms with Crippen molar-refractivity contribution < 1.29 is 39.4 Å². The second kappa shape index (κ2) is 14.4. The number of ether oxygens (including phenoxy) is 3. The summed E-state index contributed by atoms with van der Waals surface area (Å²) in [4.78, 5) is 12.9. The van der Waals surface area contributed by atoms with Crippen LogP contribution in [0.1, 0.15) is 35.7 Å². The molecular formula is C27H37NO8. The Balaban J connectivity index is 1.65. The van der Waals surface area contributed by atoms with Crippen molar-refractivity contribution >= 4 is 5.78 Å². The lowest BCUT2D eigenvalue weighted by Gasteiger charge is -2.40. The van der Waals surface area contributed by atoms with E-state index in [1.165, 1.54) is 0 Å². The maximum Gasteiger partial charge on any atom is 0.187 e. The number of benzene rings is 2. The van der Waals surface area contributed by atoms with Crippen LogP contribution in [-0.2, 0) is 15.9 Å². The molecule has 1 heterocycles. The quantitative estimate of drug-likeness (QED) is 0.189. The van der Waals surface area contributed by atoms with Crippen LogP contribution in [0.2, 0.25) is 0 Å². The van der Waals surface area contributed by atoms with Gasteiger partial charge in [-0.05, 0) is 37.1 Å². The van der Waals surface area contributed by atoms with Gasteiger partial charge < -0.3 is 40.0 Å². The third kappa shape index (κ3) is 7.81. The second-order valence-corrected chi connectivity index (χ2v) is 8.88. The van der Waals surface area contributed by atoms with Crippen LogP contribution in [-0.4, -0.2) is 89.3 Å². The van der Waals surface area contributed by atoms with Gasteiger partial charge in [0.1, 0.15) is 42.9 Å². The first kappa shape index (κ1) is 28.2. The third-order valence-electron chi connectivity index (χ3n) is 6.07. The zero-order chi connectivity index (χ0) is 25.9. The summed E-state index contributed by atoms with van der Waals surface area (Å²) in [7, 11) is 0. The molecule has 1 aliphatic heterocycles. The summed E-state index contributed by atoms with van der Waals surface area (Å²) in [6.45, 7) is 2.59. The van der Waals surface area contributed by atoms with Gasteiger partial charge in [0.15, 0.2) is 12.1 Å². The van der Waals surface area contributed by atoms with E-state index in [0.717, 1.165) is 18.5 Å². The van der Waals surface area contributed by atoms with Crippen LogP contribution in [0.5, 0.6) is 5.75 Å². The highest BCUT2D eigenvalue weighted by atomic mass is 16.7. The Morgan fingerprint density at radius 2 is 1.75 bits per heavy atom. The zero-order valence-electron chi connectivity index (χ0n) is 20.5. The van der Waals surface area contributed by atoms with Crippen molar-refractivity contribution in [2.24, 2.45) is 0 Å². The van der Waals surface area contributed by atoms with E-state index in [1.807, 2.05) is 37.3 Å². The Morgan fingerprint density at radius 3 is 2.47 bits per heavy atom. The summed E-state index contributed by atoms with van der Waals surface area (Å²) in [5.74, 6) is 0.387. The minimum absolute atomic E-state index is 0.0364. The van der Waals surface area contributed by atoms with Crippen LogP contribution in [0.4, 0.5) is 0 Å². The van der Waals surface area contributed by atoms with Crippen LogP contribution in [0.15, 0.2) is 54.6 Å². The van der Waals surface area contributed by atoms with E-state index in [-0.39, 0.29) is 12.4 Å². The smallest absolute Gasteiger partial charge is 0.187 e. The van der Waals surface area contributed by atoms with Gasteiger partial charge in [0.25, 0.3) is 0 Å². The average Bonchev–Trinajstić information content (AvgIpc) is 2.91. The molecule has 1 saturated heterocycles. The van der Waals surface area contributed by atoms with E-state index < -0.39 is 43.4 Å². The highest BCUT2D eigenvalue weighted by molar-refractivity contribution is 5.98. The molecule has 36 heavy (non-hydrogen) atoms. The van der Waals surface area contributed by atoms with Crippen LogP contribution < -0.4 is 10.1 Å². The monoisotopic (exact) mass is 503 g/mol. The number of Topliss-reactive ketones (excluding diaryl/α,β-unsaturated/α-hetero) is 1. The van der Waals surface area contributed by atoms with Crippen LogP contribution in [0.3, 0.4) is 0 Å². The Morgan fingerprint density at radius 1 is 1.03 bits per heavy atom. The first-order chi connectivity index (χ1) is 17.4. The molecule has 0 aliphatic carbocycles. The lowest BCUT2D eigenvalue weighted by Crippen LogP contribution is -2.60. The highest BCUT2D eigenvalue weighted by Crippen LogP contribution is 2.24. The molecule has 9 nitrogen and oxygen atoms in total. The van der Waals surface area contributed by atoms with Crippen molar-refractivity contribution in [3.63, 3.8) is 0 Å². The molecule has 9 heteroatoms. The maximum atomic E-state index is 12.9. The van der Waals surface area contributed by atoms with Crippen molar-refractivity contribution in [2.45, 2.75) is 63.0 Å². The van der Waals surface area contributed by atoms with E-state index in [1.54, 1.807) is 24.3 Å². The maximum absolute atomic E-state index is 12.9. The number of nitrogens with one attached hydrogen (secondary N) is 1. The first-order valence-electron chi connectivity index (χ1n) is 12.4. The molecule has 1 fully saturated rings. The van der Waals surface area contributed by atoms with Crippen molar-refractivity contribution in [2.75, 3.05) is 26.3 Å². The summed E-state index contributed by atoms with van der Waals surface area (Å²) >= 11 is 0. The normalized spacial score (nSPS) is 24.9.